The molecule has 0 amide bonds. The van der Waals surface area contributed by atoms with Crippen LogP contribution in [-0.4, -0.2) is 54.2 Å². The fourth-order valence-corrected chi connectivity index (χ4v) is 2.47. The number of likely N-dealkylation sites (tertiary alicyclic amines) is 1. The predicted octanol–water partition coefficient (Wildman–Crippen LogP) is 0.985. The Balaban J connectivity index is 1.78. The number of aliphatic hydroxyl groups is 1. The number of ether oxygens (including phenoxy) is 2. The second kappa shape index (κ2) is 5.00. The Morgan fingerprint density at radius 1 is 1.44 bits per heavy atom. The average Bonchev–Trinajstić information content (AvgIpc) is 2.64. The second-order valence-electron chi connectivity index (χ2n) is 5.01. The summed E-state index contributed by atoms with van der Waals surface area (Å²) in [6.45, 7) is 7.50. The van der Waals surface area contributed by atoms with Crippen LogP contribution in [0, 0.1) is 0 Å². The highest BCUT2D eigenvalue weighted by atomic mass is 16.7. The van der Waals surface area contributed by atoms with E-state index in [2.05, 4.69) is 11.8 Å². The minimum absolute atomic E-state index is 0.196. The molecule has 0 aromatic carbocycles. The van der Waals surface area contributed by atoms with E-state index in [1.807, 2.05) is 6.92 Å². The summed E-state index contributed by atoms with van der Waals surface area (Å²) in [7, 11) is 0. The van der Waals surface area contributed by atoms with Crippen LogP contribution in [0.25, 0.3) is 0 Å². The molecule has 2 aliphatic rings. The summed E-state index contributed by atoms with van der Waals surface area (Å²) in [6, 6.07) is 0. The van der Waals surface area contributed by atoms with Crippen molar-refractivity contribution in [2.24, 2.45) is 0 Å². The number of β-amino-alcohol motifs (C(OH)–C–C–N with tert-alkyl or cyclic N) is 1. The van der Waals surface area contributed by atoms with Crippen LogP contribution in [0.15, 0.2) is 0 Å². The van der Waals surface area contributed by atoms with Gasteiger partial charge in [0.1, 0.15) is 0 Å². The van der Waals surface area contributed by atoms with Gasteiger partial charge in [-0.25, -0.2) is 0 Å². The predicted molar refractivity (Wildman–Crippen MR) is 61.2 cm³/mol. The molecule has 94 valence electrons. The van der Waals surface area contributed by atoms with Crippen molar-refractivity contribution in [2.45, 2.75) is 51.1 Å². The van der Waals surface area contributed by atoms with Gasteiger partial charge < -0.3 is 19.5 Å². The third-order valence-corrected chi connectivity index (χ3v) is 3.56. The monoisotopic (exact) mass is 229 g/mol. The van der Waals surface area contributed by atoms with Crippen LogP contribution in [-0.2, 0) is 9.47 Å². The zero-order valence-corrected chi connectivity index (χ0v) is 10.3. The minimum Gasteiger partial charge on any atom is -0.392 e. The summed E-state index contributed by atoms with van der Waals surface area (Å²) < 4.78 is 11.6. The third kappa shape index (κ3) is 2.74. The smallest absolute Gasteiger partial charge is 0.171 e. The van der Waals surface area contributed by atoms with Gasteiger partial charge in [-0.15, -0.1) is 0 Å². The summed E-state index contributed by atoms with van der Waals surface area (Å²) >= 11 is 0. The van der Waals surface area contributed by atoms with Crippen molar-refractivity contribution in [1.82, 2.24) is 4.90 Å². The van der Waals surface area contributed by atoms with Gasteiger partial charge in [-0.2, -0.15) is 0 Å². The number of piperidine rings is 1. The molecule has 2 heterocycles. The lowest BCUT2D eigenvalue weighted by molar-refractivity contribution is -0.194. The van der Waals surface area contributed by atoms with Crippen molar-refractivity contribution in [2.75, 3.05) is 26.2 Å². The Labute approximate surface area is 97.5 Å². The van der Waals surface area contributed by atoms with Crippen LogP contribution in [0.5, 0.6) is 0 Å². The summed E-state index contributed by atoms with van der Waals surface area (Å²) in [5.41, 5.74) is 0. The molecule has 1 spiro atoms. The Morgan fingerprint density at radius 3 is 2.62 bits per heavy atom. The van der Waals surface area contributed by atoms with Crippen molar-refractivity contribution >= 4 is 0 Å². The fraction of sp³-hybridized carbons (Fsp3) is 1.00. The zero-order chi connectivity index (χ0) is 11.6. The van der Waals surface area contributed by atoms with E-state index in [0.29, 0.717) is 0 Å². The van der Waals surface area contributed by atoms with Crippen LogP contribution < -0.4 is 0 Å². The molecule has 0 aromatic heterocycles. The quantitative estimate of drug-likeness (QED) is 0.783. The summed E-state index contributed by atoms with van der Waals surface area (Å²) in [6.07, 6.45) is 2.71. The molecule has 0 bridgehead atoms. The van der Waals surface area contributed by atoms with Crippen LogP contribution >= 0.6 is 0 Å². The lowest BCUT2D eigenvalue weighted by Gasteiger charge is -2.38. The number of hydrogen-bond acceptors (Lipinski definition) is 4. The van der Waals surface area contributed by atoms with Crippen molar-refractivity contribution in [1.29, 1.82) is 0 Å². The van der Waals surface area contributed by atoms with Gasteiger partial charge >= 0.3 is 0 Å². The molecule has 2 unspecified atom stereocenters. The Morgan fingerprint density at radius 2 is 2.12 bits per heavy atom. The number of hydrogen-bond donors (Lipinski definition) is 1. The Bertz CT molecular complexity index is 226. The highest BCUT2D eigenvalue weighted by Crippen LogP contribution is 2.33. The van der Waals surface area contributed by atoms with Gasteiger partial charge in [-0.1, -0.05) is 6.92 Å². The van der Waals surface area contributed by atoms with Crippen molar-refractivity contribution in [3.8, 4) is 0 Å². The lowest BCUT2D eigenvalue weighted by Crippen LogP contribution is -2.47. The molecular weight excluding hydrogens is 206 g/mol. The molecule has 2 saturated heterocycles. The molecule has 2 rings (SSSR count). The molecule has 1 N–H and O–H groups in total. The van der Waals surface area contributed by atoms with Crippen LogP contribution in [0.3, 0.4) is 0 Å². The molecule has 2 aliphatic heterocycles. The van der Waals surface area contributed by atoms with E-state index < -0.39 is 0 Å². The van der Waals surface area contributed by atoms with Crippen LogP contribution in [0.1, 0.15) is 33.1 Å². The molecule has 2 fully saturated rings. The maximum absolute atomic E-state index is 9.60. The number of nitrogens with zero attached hydrogens (tertiary/aromatic N) is 1. The number of aliphatic hydroxyl groups excluding tert-OH is 1. The molecule has 0 aliphatic carbocycles. The largest absolute Gasteiger partial charge is 0.392 e. The summed E-state index contributed by atoms with van der Waals surface area (Å²) in [5, 5.41) is 9.60. The third-order valence-electron chi connectivity index (χ3n) is 3.56. The van der Waals surface area contributed by atoms with Gasteiger partial charge in [-0.3, -0.25) is 0 Å². The first-order chi connectivity index (χ1) is 7.63. The maximum atomic E-state index is 9.60. The first-order valence-corrected chi connectivity index (χ1v) is 6.36. The summed E-state index contributed by atoms with van der Waals surface area (Å²) in [5.74, 6) is -0.312. The first-order valence-electron chi connectivity index (χ1n) is 6.36. The maximum Gasteiger partial charge on any atom is 0.171 e. The van der Waals surface area contributed by atoms with Gasteiger partial charge in [0, 0.05) is 32.5 Å². The van der Waals surface area contributed by atoms with Crippen molar-refractivity contribution < 1.29 is 14.6 Å². The SMILES string of the molecule is CCC(O)CN1CCC2(CC1)OCC(C)O2. The fourth-order valence-electron chi connectivity index (χ4n) is 2.47. The normalized spacial score (nSPS) is 32.1. The van der Waals surface area contributed by atoms with E-state index in [4.69, 9.17) is 9.47 Å². The van der Waals surface area contributed by atoms with Crippen molar-refractivity contribution in [3.05, 3.63) is 0 Å². The standard InChI is InChI=1S/C12H23NO3/c1-3-11(14)8-13-6-4-12(5-7-13)15-9-10(2)16-12/h10-11,14H,3-9H2,1-2H3. The molecule has 0 saturated carbocycles. The molecule has 2 atom stereocenters. The average molecular weight is 229 g/mol. The van der Waals surface area contributed by atoms with Crippen LogP contribution in [0.4, 0.5) is 0 Å². The Hall–Kier alpha value is -0.160. The van der Waals surface area contributed by atoms with Crippen molar-refractivity contribution in [3.63, 3.8) is 0 Å². The van der Waals surface area contributed by atoms with Gasteiger partial charge in [0.25, 0.3) is 0 Å². The van der Waals surface area contributed by atoms with E-state index in [1.54, 1.807) is 0 Å². The van der Waals surface area contributed by atoms with Gasteiger partial charge in [-0.05, 0) is 13.3 Å². The van der Waals surface area contributed by atoms with E-state index >= 15 is 0 Å². The minimum atomic E-state index is -0.312. The second-order valence-corrected chi connectivity index (χ2v) is 5.01. The van der Waals surface area contributed by atoms with E-state index in [-0.39, 0.29) is 18.0 Å². The molecule has 4 nitrogen and oxygen atoms in total. The zero-order valence-electron chi connectivity index (χ0n) is 10.3. The number of rotatable bonds is 3. The Kier molecular flexibility index (Phi) is 3.85. The van der Waals surface area contributed by atoms with E-state index in [1.165, 1.54) is 0 Å². The van der Waals surface area contributed by atoms with Gasteiger partial charge in [0.05, 0.1) is 18.8 Å². The molecule has 4 heteroatoms. The first kappa shape index (κ1) is 12.3. The molecule has 16 heavy (non-hydrogen) atoms. The van der Waals surface area contributed by atoms with Crippen LogP contribution in [0.2, 0.25) is 0 Å². The summed E-state index contributed by atoms with van der Waals surface area (Å²) in [4.78, 5) is 2.30. The van der Waals surface area contributed by atoms with Gasteiger partial charge in [0.2, 0.25) is 0 Å². The highest BCUT2D eigenvalue weighted by Gasteiger charge is 2.42. The van der Waals surface area contributed by atoms with E-state index in [9.17, 15) is 5.11 Å². The molecular formula is C12H23NO3. The van der Waals surface area contributed by atoms with E-state index in [0.717, 1.165) is 45.5 Å². The lowest BCUT2D eigenvalue weighted by atomic mass is 10.0. The molecule has 0 radical (unpaired) electrons. The molecule has 0 aromatic rings. The van der Waals surface area contributed by atoms with Gasteiger partial charge in [0.15, 0.2) is 5.79 Å². The highest BCUT2D eigenvalue weighted by molar-refractivity contribution is 4.85. The topological polar surface area (TPSA) is 41.9 Å².